The number of hydrogen-bond acceptors (Lipinski definition) is 1. The Morgan fingerprint density at radius 1 is 1.45 bits per heavy atom. The summed E-state index contributed by atoms with van der Waals surface area (Å²) in [5.41, 5.74) is 0. The Morgan fingerprint density at radius 3 is 2.18 bits per heavy atom. The molecule has 0 heterocycles. The fourth-order valence-electron chi connectivity index (χ4n) is 0.327. The van der Waals surface area contributed by atoms with Crippen LogP contribution in [0.15, 0.2) is 0 Å². The summed E-state index contributed by atoms with van der Waals surface area (Å²) in [7, 11) is 0. The van der Waals surface area contributed by atoms with E-state index in [2.05, 4.69) is 0 Å². The molecule has 0 aromatic rings. The van der Waals surface area contributed by atoms with Crippen LogP contribution in [0.1, 0.15) is 13.8 Å². The van der Waals surface area contributed by atoms with E-state index in [1.165, 1.54) is 13.8 Å². The Bertz CT molecular complexity index is 161. The Kier molecular flexibility index (Phi) is 5.38. The van der Waals surface area contributed by atoms with Crippen molar-refractivity contribution in [2.75, 3.05) is 0 Å². The molecule has 0 saturated carbocycles. The van der Waals surface area contributed by atoms with Gasteiger partial charge in [0.15, 0.2) is 10.2 Å². The summed E-state index contributed by atoms with van der Waals surface area (Å²) >= 11 is 10.8. The van der Waals surface area contributed by atoms with Gasteiger partial charge in [0, 0.05) is 30.4 Å². The Hall–Kier alpha value is 0.460. The lowest BCUT2D eigenvalue weighted by atomic mass is 10.4. The van der Waals surface area contributed by atoms with E-state index in [0.29, 0.717) is 11.8 Å². The van der Waals surface area contributed by atoms with Gasteiger partial charge in [-0.2, -0.15) is 0 Å². The number of hydrogen-bond donors (Lipinski definition) is 0. The normalized spacial score (nSPS) is 14.2. The van der Waals surface area contributed by atoms with Crippen molar-refractivity contribution in [3.8, 4) is 0 Å². The zero-order chi connectivity index (χ0) is 9.02. The van der Waals surface area contributed by atoms with Crippen LogP contribution in [0.4, 0.5) is 8.87 Å². The first-order valence-electron chi connectivity index (χ1n) is 2.87. The maximum Gasteiger partial charge on any atom is 0.439 e. The maximum absolute atomic E-state index is 12.6. The molecular formula is C5H8Cl2F2NS+. The molecule has 11 heavy (non-hydrogen) atoms. The lowest BCUT2D eigenvalue weighted by molar-refractivity contribution is -0.732. The van der Waals surface area contributed by atoms with Gasteiger partial charge in [-0.25, -0.2) is 0 Å². The first kappa shape index (κ1) is 11.5. The minimum Gasteiger partial charge on any atom is -0.127 e. The van der Waals surface area contributed by atoms with E-state index in [-0.39, 0.29) is 4.80 Å². The first-order chi connectivity index (χ1) is 4.95. The van der Waals surface area contributed by atoms with Crippen LogP contribution >= 0.6 is 35.0 Å². The fourth-order valence-corrected chi connectivity index (χ4v) is 1.23. The largest absolute Gasteiger partial charge is 0.439 e. The number of thioether (sulfide) groups is 1. The van der Waals surface area contributed by atoms with Crippen molar-refractivity contribution in [1.29, 1.82) is 0 Å². The van der Waals surface area contributed by atoms with Crippen LogP contribution in [0.5, 0.6) is 0 Å². The number of rotatable bonds is 2. The van der Waals surface area contributed by atoms with Crippen molar-refractivity contribution in [2.45, 2.75) is 24.1 Å². The third-order valence-electron chi connectivity index (χ3n) is 0.808. The maximum atomic E-state index is 12.6. The zero-order valence-electron chi connectivity index (χ0n) is 6.02. The molecule has 0 aliphatic heterocycles. The van der Waals surface area contributed by atoms with E-state index in [0.717, 1.165) is 0 Å². The van der Waals surface area contributed by atoms with Crippen molar-refractivity contribution < 1.29 is 13.7 Å². The predicted octanol–water partition coefficient (Wildman–Crippen LogP) is 3.11. The molecule has 0 aromatic carbocycles. The molecule has 1 nitrogen and oxygen atoms in total. The van der Waals surface area contributed by atoms with Crippen LogP contribution in [0.2, 0.25) is 0 Å². The van der Waals surface area contributed by atoms with Crippen molar-refractivity contribution in [3.63, 3.8) is 0 Å². The molecule has 0 bridgehead atoms. The van der Waals surface area contributed by atoms with E-state index in [9.17, 15) is 8.87 Å². The molecule has 0 amide bonds. The third kappa shape index (κ3) is 4.82. The molecule has 66 valence electrons. The molecule has 0 aromatic heterocycles. The summed E-state index contributed by atoms with van der Waals surface area (Å²) in [6.45, 7) is 3.02. The average Bonchev–Trinajstić information content (AvgIpc) is 1.84. The molecule has 0 fully saturated rings. The number of alkyl halides is 2. The third-order valence-corrected chi connectivity index (χ3v) is 1.89. The summed E-state index contributed by atoms with van der Waals surface area (Å²) in [6, 6.07) is -0.547. The summed E-state index contributed by atoms with van der Waals surface area (Å²) < 4.78 is 24.1. The number of halogens is 4. The summed E-state index contributed by atoms with van der Waals surface area (Å²) in [6.07, 6.45) is 0. The van der Waals surface area contributed by atoms with Gasteiger partial charge in [0.1, 0.15) is 0 Å². The van der Waals surface area contributed by atoms with Gasteiger partial charge in [-0.1, -0.05) is 23.2 Å². The highest BCUT2D eigenvalue weighted by Gasteiger charge is 2.22. The van der Waals surface area contributed by atoms with E-state index in [4.69, 9.17) is 23.2 Å². The monoisotopic (exact) mass is 222 g/mol. The van der Waals surface area contributed by atoms with E-state index < -0.39 is 15.5 Å². The number of nitrogens with zero attached hydrogens (tertiary/aromatic N) is 1. The predicted molar refractivity (Wildman–Crippen MR) is 45.7 cm³/mol. The van der Waals surface area contributed by atoms with Gasteiger partial charge in [0.05, 0.1) is 4.48 Å². The molecule has 0 saturated heterocycles. The topological polar surface area (TPSA) is 3.01 Å². The van der Waals surface area contributed by atoms with Crippen LogP contribution in [0.3, 0.4) is 0 Å². The van der Waals surface area contributed by atoms with E-state index in [1.54, 1.807) is 0 Å². The van der Waals surface area contributed by atoms with Gasteiger partial charge >= 0.3 is 5.30 Å². The molecule has 0 aliphatic rings. The summed E-state index contributed by atoms with van der Waals surface area (Å²) in [5, 5.41) is -1.02. The molecule has 6 heteroatoms. The highest BCUT2D eigenvalue weighted by molar-refractivity contribution is 8.15. The van der Waals surface area contributed by atoms with Crippen molar-refractivity contribution in [1.82, 2.24) is 0 Å². The van der Waals surface area contributed by atoms with Crippen molar-refractivity contribution in [3.05, 3.63) is 0 Å². The van der Waals surface area contributed by atoms with E-state index >= 15 is 0 Å². The second-order valence-corrected chi connectivity index (χ2v) is 4.69. The standard InChI is InChI=1S/C5H8Cl2F2NS/c1-3(2)10(9)5(8)11-4(6)7/h3-4H,1-2H3/q+1. The van der Waals surface area contributed by atoms with Crippen molar-refractivity contribution >= 4 is 40.3 Å². The molecule has 0 rings (SSSR count). The van der Waals surface area contributed by atoms with Crippen LogP contribution < -0.4 is 0 Å². The van der Waals surface area contributed by atoms with Gasteiger partial charge in [-0.3, -0.25) is 0 Å². The molecule has 0 spiro atoms. The molecule has 0 N–H and O–H groups in total. The minimum absolute atomic E-state index is 0.0254. The van der Waals surface area contributed by atoms with Crippen molar-refractivity contribution in [2.24, 2.45) is 0 Å². The van der Waals surface area contributed by atoms with Gasteiger partial charge in [0.2, 0.25) is 0 Å². The fraction of sp³-hybridized carbons (Fsp3) is 0.800. The lowest BCUT2D eigenvalue weighted by Crippen LogP contribution is -2.16. The molecule has 0 unspecified atom stereocenters. The highest BCUT2D eigenvalue weighted by atomic mass is 35.5. The van der Waals surface area contributed by atoms with Crippen LogP contribution in [-0.4, -0.2) is 20.3 Å². The lowest BCUT2D eigenvalue weighted by Gasteiger charge is -1.95. The smallest absolute Gasteiger partial charge is 0.127 e. The quantitative estimate of drug-likeness (QED) is 0.301. The van der Waals surface area contributed by atoms with Gasteiger partial charge in [0.25, 0.3) is 0 Å². The molecular weight excluding hydrogens is 215 g/mol. The summed E-state index contributed by atoms with van der Waals surface area (Å²) in [4.78, 5) is -0.0254. The first-order valence-corrected chi connectivity index (χ1v) is 4.62. The molecule has 0 radical (unpaired) electrons. The zero-order valence-corrected chi connectivity index (χ0v) is 8.35. The van der Waals surface area contributed by atoms with Crippen LogP contribution in [-0.2, 0) is 0 Å². The van der Waals surface area contributed by atoms with Gasteiger partial charge < -0.3 is 0 Å². The SMILES string of the molecule is CC(C)[N+](F)=C(F)SC(Cl)Cl. The Labute approximate surface area is 78.3 Å². The Balaban J connectivity index is 4.16. The Morgan fingerprint density at radius 2 is 1.91 bits per heavy atom. The average molecular weight is 223 g/mol. The second-order valence-electron chi connectivity index (χ2n) is 2.04. The molecule has 0 atom stereocenters. The van der Waals surface area contributed by atoms with Crippen LogP contribution in [0, 0.1) is 0 Å². The van der Waals surface area contributed by atoms with Gasteiger partial charge in [-0.05, 0) is 0 Å². The van der Waals surface area contributed by atoms with Gasteiger partial charge in [-0.15, -0.1) is 4.39 Å². The highest BCUT2D eigenvalue weighted by Crippen LogP contribution is 2.21. The second kappa shape index (κ2) is 5.17. The molecule has 0 aliphatic carbocycles. The van der Waals surface area contributed by atoms with E-state index in [1.807, 2.05) is 0 Å². The minimum atomic E-state index is -1.02. The van der Waals surface area contributed by atoms with Crippen LogP contribution in [0.25, 0.3) is 0 Å². The summed E-state index contributed by atoms with van der Waals surface area (Å²) in [5.74, 6) is 0.